The zero-order valence-corrected chi connectivity index (χ0v) is 25.9. The van der Waals surface area contributed by atoms with E-state index in [0.29, 0.717) is 43.2 Å². The second-order valence-electron chi connectivity index (χ2n) is 10.8. The van der Waals surface area contributed by atoms with Gasteiger partial charge in [0.25, 0.3) is 5.91 Å². The summed E-state index contributed by atoms with van der Waals surface area (Å²) in [5, 5.41) is 7.84. The molecule has 3 aromatic carbocycles. The number of likely N-dealkylation sites (N-methyl/N-ethyl adjacent to an activating group) is 1. The summed E-state index contributed by atoms with van der Waals surface area (Å²) in [7, 11) is 3.30. The topological polar surface area (TPSA) is 100 Å². The Morgan fingerprint density at radius 1 is 1.05 bits per heavy atom. The molecule has 0 aromatic heterocycles. The fraction of sp³-hybridized carbons (Fsp3) is 0.406. The van der Waals surface area contributed by atoms with Crippen LogP contribution in [0, 0.1) is 5.92 Å². The molecule has 0 radical (unpaired) electrons. The van der Waals surface area contributed by atoms with Gasteiger partial charge in [-0.2, -0.15) is 0 Å². The van der Waals surface area contributed by atoms with Gasteiger partial charge in [0, 0.05) is 29.2 Å². The van der Waals surface area contributed by atoms with Crippen LogP contribution in [0.4, 0.5) is 11.4 Å². The molecule has 2 aliphatic rings. The number of fused-ring (bicyclic) bond motifs is 2. The summed E-state index contributed by atoms with van der Waals surface area (Å²) < 4.78 is 12.2. The molecule has 1 saturated heterocycles. The van der Waals surface area contributed by atoms with E-state index in [4.69, 9.17) is 9.47 Å². The molecule has 3 aromatic rings. The standard InChI is InChI=1S/C32H37BrN4O5/c1-19(34-3)30(38)35-29-20(2)37(31(39)21-14-16-42-17-15-21)27-11-6-5-10-26(27)36(32(29)40)18-24-22-8-7-9-25(33)23(22)12-13-28(24)41-4/h5-13,19-21,29,34H,14-18H2,1-4H3,(H,35,38)/t19?,20-,29-/m0/s1. The number of nitrogens with one attached hydrogen (secondary N) is 2. The maximum Gasteiger partial charge on any atom is 0.252 e. The highest BCUT2D eigenvalue weighted by Crippen LogP contribution is 2.40. The van der Waals surface area contributed by atoms with Gasteiger partial charge in [-0.1, -0.05) is 40.2 Å². The van der Waals surface area contributed by atoms with Crippen molar-refractivity contribution < 1.29 is 23.9 Å². The number of carbonyl (C=O) groups is 3. The predicted molar refractivity (Wildman–Crippen MR) is 167 cm³/mol. The highest BCUT2D eigenvalue weighted by Gasteiger charge is 2.44. The van der Waals surface area contributed by atoms with Crippen LogP contribution < -0.4 is 25.2 Å². The maximum absolute atomic E-state index is 14.6. The highest BCUT2D eigenvalue weighted by molar-refractivity contribution is 9.10. The molecule has 0 aliphatic carbocycles. The molecule has 0 spiro atoms. The Balaban J connectivity index is 1.66. The third-order valence-corrected chi connectivity index (χ3v) is 9.09. The van der Waals surface area contributed by atoms with E-state index in [0.717, 1.165) is 20.8 Å². The van der Waals surface area contributed by atoms with E-state index in [1.54, 1.807) is 30.9 Å². The average molecular weight is 638 g/mol. The van der Waals surface area contributed by atoms with Gasteiger partial charge < -0.3 is 29.9 Å². The number of ether oxygens (including phenoxy) is 2. The van der Waals surface area contributed by atoms with E-state index in [1.165, 1.54) is 0 Å². The summed E-state index contributed by atoms with van der Waals surface area (Å²) in [6.07, 6.45) is 1.22. The second-order valence-corrected chi connectivity index (χ2v) is 11.7. The third kappa shape index (κ3) is 5.63. The second kappa shape index (κ2) is 12.8. The summed E-state index contributed by atoms with van der Waals surface area (Å²) in [5.41, 5.74) is 2.06. The van der Waals surface area contributed by atoms with Gasteiger partial charge in [-0.3, -0.25) is 14.4 Å². The van der Waals surface area contributed by atoms with E-state index in [-0.39, 0.29) is 30.2 Å². The first kappa shape index (κ1) is 30.0. The number of para-hydroxylation sites is 2. The Labute approximate surface area is 254 Å². The number of benzene rings is 3. The van der Waals surface area contributed by atoms with Crippen molar-refractivity contribution in [3.05, 3.63) is 64.6 Å². The molecular formula is C32H37BrN4O5. The van der Waals surface area contributed by atoms with Gasteiger partial charge in [0.1, 0.15) is 11.8 Å². The van der Waals surface area contributed by atoms with Crippen LogP contribution in [-0.4, -0.2) is 63.2 Å². The average Bonchev–Trinajstić information content (AvgIpc) is 3.09. The molecule has 2 N–H and O–H groups in total. The lowest BCUT2D eigenvalue weighted by Crippen LogP contribution is -2.60. The Morgan fingerprint density at radius 3 is 2.45 bits per heavy atom. The molecule has 3 amide bonds. The van der Waals surface area contributed by atoms with Crippen LogP contribution in [0.3, 0.4) is 0 Å². The van der Waals surface area contributed by atoms with Gasteiger partial charge in [0.2, 0.25) is 11.8 Å². The molecule has 2 aliphatic heterocycles. The largest absolute Gasteiger partial charge is 0.496 e. The van der Waals surface area contributed by atoms with Crippen LogP contribution in [0.2, 0.25) is 0 Å². The number of carbonyl (C=O) groups excluding carboxylic acids is 3. The van der Waals surface area contributed by atoms with Crippen LogP contribution in [0.15, 0.2) is 59.1 Å². The fourth-order valence-electron chi connectivity index (χ4n) is 5.85. The van der Waals surface area contributed by atoms with Crippen molar-refractivity contribution >= 4 is 55.8 Å². The summed E-state index contributed by atoms with van der Waals surface area (Å²) >= 11 is 3.65. The monoisotopic (exact) mass is 636 g/mol. The quantitative estimate of drug-likeness (QED) is 0.399. The van der Waals surface area contributed by atoms with E-state index >= 15 is 0 Å². The smallest absolute Gasteiger partial charge is 0.252 e. The van der Waals surface area contributed by atoms with Crippen molar-refractivity contribution in [2.45, 2.75) is 51.4 Å². The van der Waals surface area contributed by atoms with Crippen LogP contribution in [0.25, 0.3) is 10.8 Å². The van der Waals surface area contributed by atoms with Crippen molar-refractivity contribution in [2.75, 3.05) is 37.2 Å². The van der Waals surface area contributed by atoms with Crippen LogP contribution >= 0.6 is 15.9 Å². The van der Waals surface area contributed by atoms with Gasteiger partial charge in [-0.05, 0) is 74.8 Å². The maximum atomic E-state index is 14.6. The SMILES string of the molecule is CNC(C)C(=O)N[C@@H]1C(=O)N(Cc2c(OC)ccc3c(Br)cccc23)c2ccccc2N(C(=O)C2CCOCC2)[C@H]1C. The molecule has 5 rings (SSSR count). The Bertz CT molecular complexity index is 1490. The third-order valence-electron chi connectivity index (χ3n) is 8.40. The van der Waals surface area contributed by atoms with Crippen molar-refractivity contribution in [1.29, 1.82) is 0 Å². The molecule has 1 fully saturated rings. The van der Waals surface area contributed by atoms with Crippen molar-refractivity contribution in [3.63, 3.8) is 0 Å². The van der Waals surface area contributed by atoms with E-state index in [2.05, 4.69) is 26.6 Å². The number of halogens is 1. The first-order chi connectivity index (χ1) is 20.3. The molecule has 10 heteroatoms. The van der Waals surface area contributed by atoms with Gasteiger partial charge >= 0.3 is 0 Å². The van der Waals surface area contributed by atoms with Crippen LogP contribution in [-0.2, 0) is 25.7 Å². The lowest BCUT2D eigenvalue weighted by atomic mass is 9.96. The molecule has 1 unspecified atom stereocenters. The normalized spacial score (nSPS) is 20.2. The molecule has 3 atom stereocenters. The number of hydrogen-bond acceptors (Lipinski definition) is 6. The number of amides is 3. The fourth-order valence-corrected chi connectivity index (χ4v) is 6.35. The van der Waals surface area contributed by atoms with E-state index in [9.17, 15) is 14.4 Å². The van der Waals surface area contributed by atoms with Crippen molar-refractivity contribution in [1.82, 2.24) is 10.6 Å². The minimum atomic E-state index is -0.989. The lowest BCUT2D eigenvalue weighted by molar-refractivity contribution is -0.130. The summed E-state index contributed by atoms with van der Waals surface area (Å²) in [6, 6.07) is 15.1. The van der Waals surface area contributed by atoms with Crippen LogP contribution in [0.5, 0.6) is 5.75 Å². The Kier molecular flexibility index (Phi) is 9.15. The number of nitrogens with zero attached hydrogens (tertiary/aromatic N) is 2. The zero-order chi connectivity index (χ0) is 30.0. The molecule has 222 valence electrons. The summed E-state index contributed by atoms with van der Waals surface area (Å²) in [5.74, 6) is -0.288. The molecule has 0 saturated carbocycles. The Morgan fingerprint density at radius 2 is 1.76 bits per heavy atom. The van der Waals surface area contributed by atoms with Gasteiger partial charge in [0.15, 0.2) is 0 Å². The van der Waals surface area contributed by atoms with E-state index in [1.807, 2.05) is 61.5 Å². The first-order valence-corrected chi connectivity index (χ1v) is 15.1. The summed E-state index contributed by atoms with van der Waals surface area (Å²) in [6.45, 7) is 4.77. The number of hydrogen-bond donors (Lipinski definition) is 2. The Hall–Kier alpha value is -3.47. The molecule has 2 heterocycles. The number of anilines is 2. The zero-order valence-electron chi connectivity index (χ0n) is 24.4. The van der Waals surface area contributed by atoms with Gasteiger partial charge in [-0.25, -0.2) is 0 Å². The number of rotatable bonds is 7. The summed E-state index contributed by atoms with van der Waals surface area (Å²) in [4.78, 5) is 45.4. The van der Waals surface area contributed by atoms with Crippen LogP contribution in [0.1, 0.15) is 32.3 Å². The molecule has 9 nitrogen and oxygen atoms in total. The van der Waals surface area contributed by atoms with Crippen molar-refractivity contribution in [2.24, 2.45) is 5.92 Å². The molecule has 42 heavy (non-hydrogen) atoms. The highest BCUT2D eigenvalue weighted by atomic mass is 79.9. The van der Waals surface area contributed by atoms with Gasteiger partial charge in [-0.15, -0.1) is 0 Å². The molecule has 0 bridgehead atoms. The van der Waals surface area contributed by atoms with Crippen molar-refractivity contribution in [3.8, 4) is 5.75 Å². The predicted octanol–water partition coefficient (Wildman–Crippen LogP) is 4.40. The first-order valence-electron chi connectivity index (χ1n) is 14.3. The van der Waals surface area contributed by atoms with E-state index < -0.39 is 18.1 Å². The lowest BCUT2D eigenvalue weighted by Gasteiger charge is -2.35. The van der Waals surface area contributed by atoms with Gasteiger partial charge in [0.05, 0.1) is 37.1 Å². The number of methoxy groups -OCH3 is 1. The molecular weight excluding hydrogens is 600 g/mol. The minimum Gasteiger partial charge on any atom is -0.496 e. The minimum absolute atomic E-state index is 0.0690.